The fourth-order valence-electron chi connectivity index (χ4n) is 2.70. The molecule has 144 valence electrons. The minimum absolute atomic E-state index is 0.0676. The van der Waals surface area contributed by atoms with Crippen molar-refractivity contribution in [2.45, 2.75) is 19.4 Å². The van der Waals surface area contributed by atoms with Crippen LogP contribution in [0, 0.1) is 0 Å². The summed E-state index contributed by atoms with van der Waals surface area (Å²) in [7, 11) is 3.96. The standard InChI is InChI=1S/C21H28N4O2/c1-4-16-10-12-17(13-11-16)19(25(2)3)14-22-20(26)15-23-21(27)24-18-8-6-5-7-9-18/h5-13,19H,4,14-15H2,1-3H3,(H,22,26)(H2,23,24,27). The van der Waals surface area contributed by atoms with Gasteiger partial charge in [-0.15, -0.1) is 0 Å². The van der Waals surface area contributed by atoms with Crippen LogP contribution in [0.1, 0.15) is 24.1 Å². The van der Waals surface area contributed by atoms with E-state index in [4.69, 9.17) is 0 Å². The topological polar surface area (TPSA) is 73.5 Å². The lowest BCUT2D eigenvalue weighted by Gasteiger charge is -2.25. The van der Waals surface area contributed by atoms with Crippen molar-refractivity contribution in [3.8, 4) is 0 Å². The summed E-state index contributed by atoms with van der Waals surface area (Å²) in [5.74, 6) is -0.227. The highest BCUT2D eigenvalue weighted by molar-refractivity contribution is 5.92. The summed E-state index contributed by atoms with van der Waals surface area (Å²) >= 11 is 0. The van der Waals surface area contributed by atoms with Gasteiger partial charge in [0.25, 0.3) is 0 Å². The third-order valence-electron chi connectivity index (χ3n) is 4.33. The van der Waals surface area contributed by atoms with E-state index in [9.17, 15) is 9.59 Å². The van der Waals surface area contributed by atoms with Gasteiger partial charge < -0.3 is 20.9 Å². The second-order valence-electron chi connectivity index (χ2n) is 6.55. The van der Waals surface area contributed by atoms with Gasteiger partial charge in [0.2, 0.25) is 5.91 Å². The lowest BCUT2D eigenvalue weighted by molar-refractivity contribution is -0.120. The predicted octanol–water partition coefficient (Wildman–Crippen LogP) is 2.79. The van der Waals surface area contributed by atoms with Gasteiger partial charge in [0, 0.05) is 12.2 Å². The summed E-state index contributed by atoms with van der Waals surface area (Å²) in [5.41, 5.74) is 3.11. The van der Waals surface area contributed by atoms with Crippen LogP contribution in [0.2, 0.25) is 0 Å². The van der Waals surface area contributed by atoms with Crippen molar-refractivity contribution in [3.05, 3.63) is 65.7 Å². The molecule has 6 nitrogen and oxygen atoms in total. The van der Waals surface area contributed by atoms with Gasteiger partial charge in [-0.1, -0.05) is 49.4 Å². The van der Waals surface area contributed by atoms with E-state index in [2.05, 4.69) is 52.0 Å². The highest BCUT2D eigenvalue weighted by Gasteiger charge is 2.15. The Bertz CT molecular complexity index is 730. The smallest absolute Gasteiger partial charge is 0.319 e. The van der Waals surface area contributed by atoms with E-state index in [0.717, 1.165) is 12.0 Å². The van der Waals surface area contributed by atoms with Gasteiger partial charge in [-0.3, -0.25) is 4.79 Å². The quantitative estimate of drug-likeness (QED) is 0.671. The van der Waals surface area contributed by atoms with Crippen molar-refractivity contribution in [1.82, 2.24) is 15.5 Å². The van der Waals surface area contributed by atoms with Crippen molar-refractivity contribution in [3.63, 3.8) is 0 Å². The molecule has 2 aromatic rings. The van der Waals surface area contributed by atoms with Gasteiger partial charge in [0.05, 0.1) is 12.6 Å². The fourth-order valence-corrected chi connectivity index (χ4v) is 2.70. The van der Waals surface area contributed by atoms with Crippen molar-refractivity contribution in [2.75, 3.05) is 32.5 Å². The van der Waals surface area contributed by atoms with E-state index >= 15 is 0 Å². The number of amides is 3. The molecule has 2 aromatic carbocycles. The van der Waals surface area contributed by atoms with Gasteiger partial charge in [-0.25, -0.2) is 4.79 Å². The highest BCUT2D eigenvalue weighted by atomic mass is 16.2. The summed E-state index contributed by atoms with van der Waals surface area (Å²) < 4.78 is 0. The largest absolute Gasteiger partial charge is 0.353 e. The first-order valence-electron chi connectivity index (χ1n) is 9.11. The second-order valence-corrected chi connectivity index (χ2v) is 6.55. The maximum atomic E-state index is 12.1. The van der Waals surface area contributed by atoms with Crippen molar-refractivity contribution in [1.29, 1.82) is 0 Å². The molecule has 0 aliphatic rings. The van der Waals surface area contributed by atoms with Gasteiger partial charge in [0.1, 0.15) is 0 Å². The number of benzene rings is 2. The van der Waals surface area contributed by atoms with E-state index in [1.54, 1.807) is 12.1 Å². The SMILES string of the molecule is CCc1ccc(C(CNC(=O)CNC(=O)Nc2ccccc2)N(C)C)cc1. The van der Waals surface area contributed by atoms with E-state index in [1.807, 2.05) is 32.3 Å². The number of hydrogen-bond acceptors (Lipinski definition) is 3. The molecule has 3 N–H and O–H groups in total. The summed E-state index contributed by atoms with van der Waals surface area (Å²) in [6.45, 7) is 2.52. The Kier molecular flexibility index (Phi) is 7.82. The molecule has 0 fully saturated rings. The van der Waals surface area contributed by atoms with Gasteiger partial charge in [-0.05, 0) is 43.8 Å². The number of aryl methyl sites for hydroxylation is 1. The van der Waals surface area contributed by atoms with Crippen molar-refractivity contribution < 1.29 is 9.59 Å². The van der Waals surface area contributed by atoms with Crippen molar-refractivity contribution >= 4 is 17.6 Å². The molecule has 0 saturated carbocycles. The normalized spacial score (nSPS) is 11.7. The predicted molar refractivity (Wildman–Crippen MR) is 109 cm³/mol. The van der Waals surface area contributed by atoms with E-state index < -0.39 is 6.03 Å². The fraction of sp³-hybridized carbons (Fsp3) is 0.333. The summed E-state index contributed by atoms with van der Waals surface area (Å²) in [4.78, 5) is 26.0. The Morgan fingerprint density at radius 1 is 0.963 bits per heavy atom. The molecule has 27 heavy (non-hydrogen) atoms. The van der Waals surface area contributed by atoms with E-state index in [1.165, 1.54) is 5.56 Å². The molecule has 0 radical (unpaired) electrons. The molecule has 0 bridgehead atoms. The van der Waals surface area contributed by atoms with Crippen LogP contribution in [0.5, 0.6) is 0 Å². The number of carbonyl (C=O) groups is 2. The summed E-state index contributed by atoms with van der Waals surface area (Å²) in [6, 6.07) is 17.2. The van der Waals surface area contributed by atoms with E-state index in [0.29, 0.717) is 12.2 Å². The monoisotopic (exact) mass is 368 g/mol. The van der Waals surface area contributed by atoms with Crippen LogP contribution in [-0.2, 0) is 11.2 Å². The molecule has 1 atom stereocenters. The van der Waals surface area contributed by atoms with Gasteiger partial charge in [-0.2, -0.15) is 0 Å². The Morgan fingerprint density at radius 2 is 1.63 bits per heavy atom. The Morgan fingerprint density at radius 3 is 2.22 bits per heavy atom. The number of carbonyl (C=O) groups excluding carboxylic acids is 2. The maximum Gasteiger partial charge on any atom is 0.319 e. The molecule has 3 amide bonds. The molecule has 0 aliphatic heterocycles. The number of urea groups is 1. The lowest BCUT2D eigenvalue weighted by Crippen LogP contribution is -2.41. The van der Waals surface area contributed by atoms with Crippen LogP contribution in [0.3, 0.4) is 0 Å². The first kappa shape index (κ1) is 20.5. The molecule has 2 rings (SSSR count). The zero-order valence-corrected chi connectivity index (χ0v) is 16.2. The number of hydrogen-bond donors (Lipinski definition) is 3. The van der Waals surface area contributed by atoms with Gasteiger partial charge >= 0.3 is 6.03 Å². The lowest BCUT2D eigenvalue weighted by atomic mass is 10.0. The molecular weight excluding hydrogens is 340 g/mol. The Hall–Kier alpha value is -2.86. The number of nitrogens with one attached hydrogen (secondary N) is 3. The molecule has 0 spiro atoms. The van der Waals surface area contributed by atoms with Crippen LogP contribution >= 0.6 is 0 Å². The molecule has 0 heterocycles. The van der Waals surface area contributed by atoms with Crippen LogP contribution in [0.15, 0.2) is 54.6 Å². The molecule has 0 aromatic heterocycles. The minimum Gasteiger partial charge on any atom is -0.353 e. The Labute approximate surface area is 161 Å². The third kappa shape index (κ3) is 6.75. The number of anilines is 1. The number of para-hydroxylation sites is 1. The molecular formula is C21H28N4O2. The van der Waals surface area contributed by atoms with Crippen LogP contribution in [0.25, 0.3) is 0 Å². The average Bonchev–Trinajstić information content (AvgIpc) is 2.67. The van der Waals surface area contributed by atoms with E-state index in [-0.39, 0.29) is 18.5 Å². The number of rotatable bonds is 8. The molecule has 0 saturated heterocycles. The average molecular weight is 368 g/mol. The first-order chi connectivity index (χ1) is 13.0. The van der Waals surface area contributed by atoms with Crippen LogP contribution in [-0.4, -0.2) is 44.0 Å². The zero-order valence-electron chi connectivity index (χ0n) is 16.2. The minimum atomic E-state index is -0.407. The van der Waals surface area contributed by atoms with Gasteiger partial charge in [0.15, 0.2) is 0 Å². The zero-order chi connectivity index (χ0) is 19.6. The summed E-state index contributed by atoms with van der Waals surface area (Å²) in [6.07, 6.45) is 1.00. The maximum absolute atomic E-state index is 12.1. The Balaban J connectivity index is 1.80. The number of likely N-dealkylation sites (N-methyl/N-ethyl adjacent to an activating group) is 1. The molecule has 6 heteroatoms. The first-order valence-corrected chi connectivity index (χ1v) is 9.11. The second kappa shape index (κ2) is 10.3. The summed E-state index contributed by atoms with van der Waals surface area (Å²) in [5, 5.41) is 8.13. The van der Waals surface area contributed by atoms with Crippen LogP contribution in [0.4, 0.5) is 10.5 Å². The highest BCUT2D eigenvalue weighted by Crippen LogP contribution is 2.18. The van der Waals surface area contributed by atoms with Crippen molar-refractivity contribution in [2.24, 2.45) is 0 Å². The molecule has 0 aliphatic carbocycles. The van der Waals surface area contributed by atoms with Crippen LogP contribution < -0.4 is 16.0 Å². The number of nitrogens with zero attached hydrogens (tertiary/aromatic N) is 1. The third-order valence-corrected chi connectivity index (χ3v) is 4.33. The molecule has 1 unspecified atom stereocenters.